The molecule has 1 saturated heterocycles. The number of fused-ring (bicyclic) bond motifs is 1. The zero-order valence-corrected chi connectivity index (χ0v) is 15.6. The summed E-state index contributed by atoms with van der Waals surface area (Å²) in [6, 6.07) is 9.95. The maximum atomic E-state index is 12.9. The lowest BCUT2D eigenvalue weighted by molar-refractivity contribution is 0.0566. The third kappa shape index (κ3) is 3.40. The van der Waals surface area contributed by atoms with Gasteiger partial charge in [0.05, 0.1) is 31.7 Å². The van der Waals surface area contributed by atoms with Crippen molar-refractivity contribution in [2.24, 2.45) is 4.99 Å². The van der Waals surface area contributed by atoms with E-state index in [9.17, 15) is 8.78 Å². The van der Waals surface area contributed by atoms with Gasteiger partial charge < -0.3 is 9.64 Å². The molecule has 6 nitrogen and oxygen atoms in total. The molecule has 4 heterocycles. The van der Waals surface area contributed by atoms with E-state index in [2.05, 4.69) is 21.0 Å². The second-order valence-electron chi connectivity index (χ2n) is 7.03. The summed E-state index contributed by atoms with van der Waals surface area (Å²) in [5.41, 5.74) is 5.54. The Balaban J connectivity index is 1.47. The van der Waals surface area contributed by atoms with E-state index < -0.39 is 6.55 Å². The van der Waals surface area contributed by atoms with Crippen LogP contribution in [0, 0.1) is 0 Å². The van der Waals surface area contributed by atoms with Gasteiger partial charge in [0.15, 0.2) is 0 Å². The van der Waals surface area contributed by atoms with Crippen molar-refractivity contribution in [1.82, 2.24) is 14.8 Å². The van der Waals surface area contributed by atoms with Gasteiger partial charge in [-0.25, -0.2) is 9.67 Å². The number of alkyl halides is 2. The predicted octanol–water partition coefficient (Wildman–Crippen LogP) is 3.53. The van der Waals surface area contributed by atoms with Gasteiger partial charge in [-0.2, -0.15) is 13.9 Å². The molecule has 0 unspecified atom stereocenters. The fourth-order valence-corrected chi connectivity index (χ4v) is 3.74. The highest BCUT2D eigenvalue weighted by Gasteiger charge is 2.21. The summed E-state index contributed by atoms with van der Waals surface area (Å²) >= 11 is 0. The minimum atomic E-state index is -2.65. The Morgan fingerprint density at radius 1 is 1.00 bits per heavy atom. The van der Waals surface area contributed by atoms with E-state index in [4.69, 9.17) is 9.73 Å². The van der Waals surface area contributed by atoms with Crippen LogP contribution in [0.2, 0.25) is 0 Å². The SMILES string of the molecule is FC(F)n1cc(-c2ccc3c(c2)C(c2ccnc(N4CCOCC4)c2)=NC3)cn1. The minimum Gasteiger partial charge on any atom is -0.378 e. The van der Waals surface area contributed by atoms with E-state index in [0.717, 1.165) is 46.9 Å². The molecule has 2 aliphatic rings. The zero-order valence-electron chi connectivity index (χ0n) is 15.6. The fourth-order valence-electron chi connectivity index (χ4n) is 3.74. The number of hydrogen-bond donors (Lipinski definition) is 0. The number of ether oxygens (including phenoxy) is 1. The molecule has 0 amide bonds. The molecule has 148 valence electrons. The van der Waals surface area contributed by atoms with Crippen molar-refractivity contribution in [1.29, 1.82) is 0 Å². The first-order chi connectivity index (χ1) is 14.2. The number of nitrogens with zero attached hydrogens (tertiary/aromatic N) is 5. The van der Waals surface area contributed by atoms with Gasteiger partial charge in [0.2, 0.25) is 0 Å². The third-order valence-corrected chi connectivity index (χ3v) is 5.26. The molecule has 0 aliphatic carbocycles. The second kappa shape index (κ2) is 7.36. The number of morpholine rings is 1. The van der Waals surface area contributed by atoms with Crippen LogP contribution in [0.1, 0.15) is 23.2 Å². The van der Waals surface area contributed by atoms with Gasteiger partial charge in [0.1, 0.15) is 5.82 Å². The van der Waals surface area contributed by atoms with Crippen LogP contribution in [0.5, 0.6) is 0 Å². The maximum absolute atomic E-state index is 12.9. The van der Waals surface area contributed by atoms with Crippen LogP contribution in [0.25, 0.3) is 11.1 Å². The molecule has 2 aromatic heterocycles. The molecule has 8 heteroatoms. The molecule has 0 radical (unpaired) electrons. The average Bonchev–Trinajstić information content (AvgIpc) is 3.42. The highest BCUT2D eigenvalue weighted by Crippen LogP contribution is 2.30. The fraction of sp³-hybridized carbons (Fsp3) is 0.286. The molecule has 0 saturated carbocycles. The quantitative estimate of drug-likeness (QED) is 0.678. The van der Waals surface area contributed by atoms with E-state index in [0.29, 0.717) is 30.0 Å². The highest BCUT2D eigenvalue weighted by molar-refractivity contribution is 6.15. The van der Waals surface area contributed by atoms with Crippen LogP contribution >= 0.6 is 0 Å². The molecule has 5 rings (SSSR count). The molecule has 3 aromatic rings. The van der Waals surface area contributed by atoms with Crippen LogP contribution in [-0.2, 0) is 11.3 Å². The predicted molar refractivity (Wildman–Crippen MR) is 106 cm³/mol. The van der Waals surface area contributed by atoms with E-state index in [1.807, 2.05) is 24.3 Å². The zero-order chi connectivity index (χ0) is 19.8. The van der Waals surface area contributed by atoms with Gasteiger partial charge in [-0.05, 0) is 29.3 Å². The Morgan fingerprint density at radius 3 is 2.66 bits per heavy atom. The number of hydrogen-bond acceptors (Lipinski definition) is 5. The van der Waals surface area contributed by atoms with Crippen molar-refractivity contribution in [3.63, 3.8) is 0 Å². The lowest BCUT2D eigenvalue weighted by atomic mass is 9.96. The Morgan fingerprint density at radius 2 is 1.86 bits per heavy atom. The summed E-state index contributed by atoms with van der Waals surface area (Å²) in [7, 11) is 0. The summed E-state index contributed by atoms with van der Waals surface area (Å²) in [5.74, 6) is 0.913. The summed E-state index contributed by atoms with van der Waals surface area (Å²) in [6.07, 6.45) is 4.63. The molecular weight excluding hydrogens is 376 g/mol. The van der Waals surface area contributed by atoms with E-state index in [1.54, 1.807) is 6.20 Å². The number of aliphatic imine (C=N–C) groups is 1. The Labute approximate surface area is 166 Å². The van der Waals surface area contributed by atoms with Crippen LogP contribution in [0.15, 0.2) is 53.9 Å². The number of anilines is 1. The first-order valence-electron chi connectivity index (χ1n) is 9.48. The molecule has 0 atom stereocenters. The molecule has 1 aromatic carbocycles. The van der Waals surface area contributed by atoms with Crippen molar-refractivity contribution < 1.29 is 13.5 Å². The first-order valence-corrected chi connectivity index (χ1v) is 9.48. The number of rotatable bonds is 4. The molecular formula is C21H19F2N5O. The molecule has 0 N–H and O–H groups in total. The smallest absolute Gasteiger partial charge is 0.333 e. The monoisotopic (exact) mass is 395 g/mol. The summed E-state index contributed by atoms with van der Waals surface area (Å²) in [6.45, 7) is 0.994. The highest BCUT2D eigenvalue weighted by atomic mass is 19.3. The van der Waals surface area contributed by atoms with Crippen LogP contribution < -0.4 is 4.90 Å². The molecule has 0 spiro atoms. The molecule has 1 fully saturated rings. The van der Waals surface area contributed by atoms with Crippen molar-refractivity contribution in [3.05, 3.63) is 65.6 Å². The second-order valence-corrected chi connectivity index (χ2v) is 7.03. The summed E-state index contributed by atoms with van der Waals surface area (Å²) in [4.78, 5) is 11.4. The van der Waals surface area contributed by atoms with Crippen molar-refractivity contribution in [3.8, 4) is 11.1 Å². The average molecular weight is 395 g/mol. The van der Waals surface area contributed by atoms with Crippen molar-refractivity contribution in [2.75, 3.05) is 31.2 Å². The first kappa shape index (κ1) is 17.9. The largest absolute Gasteiger partial charge is 0.378 e. The van der Waals surface area contributed by atoms with E-state index in [1.165, 1.54) is 12.4 Å². The normalized spacial score (nSPS) is 16.2. The maximum Gasteiger partial charge on any atom is 0.333 e. The van der Waals surface area contributed by atoms with E-state index >= 15 is 0 Å². The van der Waals surface area contributed by atoms with Gasteiger partial charge in [-0.1, -0.05) is 12.1 Å². The van der Waals surface area contributed by atoms with Gasteiger partial charge in [0, 0.05) is 42.2 Å². The molecule has 0 bridgehead atoms. The Bertz CT molecular complexity index is 1070. The lowest BCUT2D eigenvalue weighted by Crippen LogP contribution is -2.36. The summed E-state index contributed by atoms with van der Waals surface area (Å²) in [5, 5.41) is 3.74. The van der Waals surface area contributed by atoms with Crippen LogP contribution in [0.3, 0.4) is 0 Å². The number of aromatic nitrogens is 3. The van der Waals surface area contributed by atoms with Gasteiger partial charge >= 0.3 is 6.55 Å². The third-order valence-electron chi connectivity index (χ3n) is 5.26. The van der Waals surface area contributed by atoms with Gasteiger partial charge in [-0.15, -0.1) is 0 Å². The van der Waals surface area contributed by atoms with Gasteiger partial charge in [0.25, 0.3) is 0 Å². The van der Waals surface area contributed by atoms with Crippen molar-refractivity contribution >= 4 is 11.5 Å². The number of halogens is 2. The lowest BCUT2D eigenvalue weighted by Gasteiger charge is -2.28. The van der Waals surface area contributed by atoms with Gasteiger partial charge in [-0.3, -0.25) is 4.99 Å². The van der Waals surface area contributed by atoms with Crippen molar-refractivity contribution in [2.45, 2.75) is 13.1 Å². The molecule has 29 heavy (non-hydrogen) atoms. The Hall–Kier alpha value is -3.13. The number of benzene rings is 1. The van der Waals surface area contributed by atoms with Crippen LogP contribution in [0.4, 0.5) is 14.6 Å². The van der Waals surface area contributed by atoms with E-state index in [-0.39, 0.29) is 0 Å². The topological polar surface area (TPSA) is 55.5 Å². The standard InChI is InChI=1S/C21H19F2N5O/c22-21(23)28-13-17(12-26-28)14-1-2-16-11-25-20(18(16)9-14)15-3-4-24-19(10-15)27-5-7-29-8-6-27/h1-4,9-10,12-13,21H,5-8,11H2. The Kier molecular flexibility index (Phi) is 4.55. The minimum absolute atomic E-state index is 0.608. The van der Waals surface area contributed by atoms with Crippen LogP contribution in [-0.4, -0.2) is 46.8 Å². The molecule has 2 aliphatic heterocycles. The summed E-state index contributed by atoms with van der Waals surface area (Å²) < 4.78 is 31.8. The number of pyridine rings is 1.